The molecule has 1 aliphatic heterocycles. The Morgan fingerprint density at radius 1 is 0.714 bits per heavy atom. The van der Waals surface area contributed by atoms with Crippen LogP contribution in [0.3, 0.4) is 0 Å². The van der Waals surface area contributed by atoms with Gasteiger partial charge in [0.05, 0.1) is 25.9 Å². The van der Waals surface area contributed by atoms with Crippen molar-refractivity contribution in [2.45, 2.75) is 56.3 Å². The van der Waals surface area contributed by atoms with Crippen molar-refractivity contribution in [1.82, 2.24) is 15.6 Å². The highest BCUT2D eigenvalue weighted by atomic mass is 32.2. The molecule has 2 heterocycles. The maximum atomic E-state index is 13.0. The number of hydrogen-bond acceptors (Lipinski definition) is 9. The Morgan fingerprint density at radius 2 is 1.35 bits per heavy atom. The summed E-state index contributed by atoms with van der Waals surface area (Å²) in [5.74, 6) is 0.716. The number of amides is 2. The number of benzene rings is 6. The van der Waals surface area contributed by atoms with Crippen molar-refractivity contribution < 1.29 is 33.3 Å². The van der Waals surface area contributed by atoms with Gasteiger partial charge in [0.2, 0.25) is 0 Å². The first-order chi connectivity index (χ1) is 30.8. The largest absolute Gasteiger partial charge is 0.467 e. The fourth-order valence-corrected chi connectivity index (χ4v) is 8.69. The summed E-state index contributed by atoms with van der Waals surface area (Å²) < 4.78 is 25.1. The number of nitrogens with zero attached hydrogens (tertiary/aromatic N) is 1. The predicted molar refractivity (Wildman–Crippen MR) is 244 cm³/mol. The number of aliphatic hydroxyl groups excluding tert-OH is 1. The minimum absolute atomic E-state index is 0.0414. The summed E-state index contributed by atoms with van der Waals surface area (Å²) in [5.41, 5.74) is 9.09. The van der Waals surface area contributed by atoms with Gasteiger partial charge in [0.15, 0.2) is 12.1 Å². The summed E-state index contributed by atoms with van der Waals surface area (Å²) >= 11 is 1.52. The van der Waals surface area contributed by atoms with E-state index in [1.54, 1.807) is 0 Å². The van der Waals surface area contributed by atoms with Gasteiger partial charge in [-0.3, -0.25) is 0 Å². The zero-order chi connectivity index (χ0) is 43.5. The number of aliphatic hydroxyl groups is 1. The lowest BCUT2D eigenvalue weighted by molar-refractivity contribution is -0.268. The van der Waals surface area contributed by atoms with Crippen LogP contribution in [-0.2, 0) is 38.6 Å². The van der Waals surface area contributed by atoms with Crippen LogP contribution in [0, 0.1) is 5.92 Å². The van der Waals surface area contributed by atoms with Crippen molar-refractivity contribution in [3.63, 3.8) is 0 Å². The summed E-state index contributed by atoms with van der Waals surface area (Å²) in [6, 6.07) is 52.2. The number of esters is 1. The van der Waals surface area contributed by atoms with Gasteiger partial charge in [-0.25, -0.2) is 14.6 Å². The number of thioether (sulfide) groups is 1. The Hall–Kier alpha value is -6.50. The molecule has 0 radical (unpaired) electrons. The molecule has 5 atom stereocenters. The second-order valence-electron chi connectivity index (χ2n) is 15.4. The van der Waals surface area contributed by atoms with Crippen LogP contribution in [0.1, 0.15) is 47.1 Å². The van der Waals surface area contributed by atoms with E-state index in [1.165, 1.54) is 18.9 Å². The van der Waals surface area contributed by atoms with Gasteiger partial charge in [-0.15, -0.1) is 0 Å². The summed E-state index contributed by atoms with van der Waals surface area (Å²) in [7, 11) is 1.31. The lowest BCUT2D eigenvalue weighted by Crippen LogP contribution is -2.47. The molecule has 1 aromatic heterocycles. The third-order valence-corrected chi connectivity index (χ3v) is 12.0. The zero-order valence-corrected chi connectivity index (χ0v) is 35.9. The van der Waals surface area contributed by atoms with Crippen LogP contribution < -0.4 is 10.6 Å². The highest BCUT2D eigenvalue weighted by Gasteiger charge is 2.39. The zero-order valence-electron chi connectivity index (χ0n) is 35.1. The molecule has 0 aliphatic carbocycles. The van der Waals surface area contributed by atoms with Crippen LogP contribution in [0.15, 0.2) is 173 Å². The number of carbonyl (C=O) groups excluding carboxylic acids is 2. The van der Waals surface area contributed by atoms with E-state index >= 15 is 0 Å². The summed E-state index contributed by atoms with van der Waals surface area (Å²) in [6.07, 6.45) is -0.935. The van der Waals surface area contributed by atoms with Crippen molar-refractivity contribution >= 4 is 23.8 Å². The SMILES string of the molecule is COC(=O)[C@H](Cc1ccccc1)NC(=O)NCc1cccc(-c2cccc([C@H]3O[C@@H](CSc4nc(-c5ccccc5)c(-c5ccccc5)o4)[C@@H](C)[C@@H](c4ccc(CO)cc4)O3)c2)c1. The Labute approximate surface area is 371 Å². The normalized spacial score (nSPS) is 17.7. The number of ether oxygens (including phenoxy) is 3. The average Bonchev–Trinajstić information content (AvgIpc) is 3.78. The highest BCUT2D eigenvalue weighted by molar-refractivity contribution is 7.99. The van der Waals surface area contributed by atoms with Gasteiger partial charge in [-0.05, 0) is 45.5 Å². The molecular formula is C52H49N3O7S. The van der Waals surface area contributed by atoms with Gasteiger partial charge in [0.1, 0.15) is 11.7 Å². The van der Waals surface area contributed by atoms with Gasteiger partial charge in [-0.2, -0.15) is 0 Å². The molecule has 0 saturated carbocycles. The van der Waals surface area contributed by atoms with E-state index in [4.69, 9.17) is 23.6 Å². The smallest absolute Gasteiger partial charge is 0.328 e. The first-order valence-electron chi connectivity index (χ1n) is 21.0. The van der Waals surface area contributed by atoms with Gasteiger partial charge in [0, 0.05) is 41.3 Å². The van der Waals surface area contributed by atoms with E-state index < -0.39 is 24.3 Å². The van der Waals surface area contributed by atoms with Gasteiger partial charge in [0.25, 0.3) is 5.22 Å². The molecule has 11 heteroatoms. The average molecular weight is 860 g/mol. The maximum absolute atomic E-state index is 13.0. The van der Waals surface area contributed by atoms with E-state index in [9.17, 15) is 14.7 Å². The minimum Gasteiger partial charge on any atom is -0.467 e. The maximum Gasteiger partial charge on any atom is 0.328 e. The summed E-state index contributed by atoms with van der Waals surface area (Å²) in [5, 5.41) is 16.0. The number of hydrogen-bond donors (Lipinski definition) is 3. The molecule has 0 unspecified atom stereocenters. The topological polar surface area (TPSA) is 132 Å². The number of aromatic nitrogens is 1. The summed E-state index contributed by atoms with van der Waals surface area (Å²) in [4.78, 5) is 30.5. The molecule has 7 aromatic rings. The Kier molecular flexibility index (Phi) is 14.1. The molecule has 320 valence electrons. The van der Waals surface area contributed by atoms with Crippen LogP contribution in [-0.4, -0.2) is 47.1 Å². The predicted octanol–water partition coefficient (Wildman–Crippen LogP) is 10.3. The number of nitrogens with one attached hydrogen (secondary N) is 2. The molecule has 1 aliphatic rings. The molecule has 1 saturated heterocycles. The second-order valence-corrected chi connectivity index (χ2v) is 16.4. The molecule has 0 bridgehead atoms. The minimum atomic E-state index is -0.835. The third-order valence-electron chi connectivity index (χ3n) is 11.1. The first kappa shape index (κ1) is 43.2. The number of rotatable bonds is 15. The van der Waals surface area contributed by atoms with Gasteiger partial charge >= 0.3 is 12.0 Å². The number of oxazole rings is 1. The highest BCUT2D eigenvalue weighted by Crippen LogP contribution is 2.44. The van der Waals surface area contributed by atoms with Gasteiger partial charge in [-0.1, -0.05) is 170 Å². The van der Waals surface area contributed by atoms with Crippen LogP contribution >= 0.6 is 11.8 Å². The van der Waals surface area contributed by atoms with Crippen LogP contribution in [0.5, 0.6) is 0 Å². The molecule has 6 aromatic carbocycles. The van der Waals surface area contributed by atoms with E-state index in [0.29, 0.717) is 17.4 Å². The molecular weight excluding hydrogens is 811 g/mol. The monoisotopic (exact) mass is 859 g/mol. The lowest BCUT2D eigenvalue weighted by Gasteiger charge is -2.41. The fraction of sp³-hybridized carbons (Fsp3) is 0.212. The van der Waals surface area contributed by atoms with Crippen molar-refractivity contribution in [2.75, 3.05) is 12.9 Å². The Bertz CT molecular complexity index is 2530. The Balaban J connectivity index is 0.996. The van der Waals surface area contributed by atoms with E-state index in [1.807, 2.05) is 158 Å². The lowest BCUT2D eigenvalue weighted by atomic mass is 9.91. The molecule has 10 nitrogen and oxygen atoms in total. The molecule has 0 spiro atoms. The van der Waals surface area contributed by atoms with Crippen molar-refractivity contribution in [1.29, 1.82) is 0 Å². The first-order valence-corrected chi connectivity index (χ1v) is 21.9. The van der Waals surface area contributed by atoms with Crippen molar-refractivity contribution in [3.05, 3.63) is 192 Å². The molecule has 8 rings (SSSR count). The van der Waals surface area contributed by atoms with Gasteiger partial charge < -0.3 is 34.4 Å². The molecule has 63 heavy (non-hydrogen) atoms. The van der Waals surface area contributed by atoms with Crippen LogP contribution in [0.25, 0.3) is 33.7 Å². The summed E-state index contributed by atoms with van der Waals surface area (Å²) in [6.45, 7) is 2.34. The Morgan fingerprint density at radius 3 is 2.05 bits per heavy atom. The molecule has 1 fully saturated rings. The fourth-order valence-electron chi connectivity index (χ4n) is 7.71. The number of carbonyl (C=O) groups is 2. The molecule has 2 amide bonds. The van der Waals surface area contributed by atoms with Crippen molar-refractivity contribution in [3.8, 4) is 33.7 Å². The van der Waals surface area contributed by atoms with E-state index in [-0.39, 0.29) is 31.3 Å². The standard InChI is InChI=1S/C52H49N3O7S/c1-34-45(33-63-52-55-46(38-17-8-4-9-18-38)48(62-52)39-19-10-5-11-20-39)60-50(61-47(34)40-26-24-36(32-56)25-27-40)43-23-13-22-42(30-43)41-21-12-16-37(28-41)31-53-51(58)54-44(49(57)59-2)29-35-14-6-3-7-15-35/h3-28,30,34,44-45,47,50,56H,29,31-33H2,1-2H3,(H2,53,54,58)/t34-,44+,45+,47+,50+/m1/s1. The van der Waals surface area contributed by atoms with Crippen molar-refractivity contribution in [2.24, 2.45) is 5.92 Å². The van der Waals surface area contributed by atoms with Crippen LogP contribution in [0.4, 0.5) is 4.79 Å². The second kappa shape index (κ2) is 20.6. The molecule has 3 N–H and O–H groups in total. The number of methoxy groups -OCH3 is 1. The quantitative estimate of drug-likeness (QED) is 0.0681. The van der Waals surface area contributed by atoms with Crippen LogP contribution in [0.2, 0.25) is 0 Å². The van der Waals surface area contributed by atoms with E-state index in [0.717, 1.165) is 61.5 Å². The van der Waals surface area contributed by atoms with E-state index in [2.05, 4.69) is 23.6 Å². The third kappa shape index (κ3) is 10.8. The number of urea groups is 1.